The molecule has 4 atom stereocenters. The molecule has 52 heavy (non-hydrogen) atoms. The van der Waals surface area contributed by atoms with Gasteiger partial charge in [-0.1, -0.05) is 13.8 Å². The number of nitrogens with one attached hydrogen (secondary N) is 3. The second-order valence-electron chi connectivity index (χ2n) is 13.7. The number of aliphatic carboxylic acids is 3. The summed E-state index contributed by atoms with van der Waals surface area (Å²) < 4.78 is 0. The van der Waals surface area contributed by atoms with Gasteiger partial charge < -0.3 is 46.2 Å². The predicted molar refractivity (Wildman–Crippen MR) is 186 cm³/mol. The SMILES string of the molecule is CC(C)[C@H](NC(=O)[C@H](C)NC(=O)CN1CCN(CC(=O)O)CCN(CC(=O)O)CCN(CC(=O)O)CC1)C(=O)N[C@H](C)C(=O)N1CCC[C@H]1B(O)O. The normalized spacial score (nSPS) is 20.5. The molecule has 2 rings (SSSR count). The number of rotatable bonds is 16. The van der Waals surface area contributed by atoms with Crippen molar-refractivity contribution in [1.82, 2.24) is 40.4 Å². The van der Waals surface area contributed by atoms with Crippen LogP contribution in [0.25, 0.3) is 0 Å². The number of carboxylic acid groups (broad SMARTS) is 3. The average Bonchev–Trinajstić information content (AvgIpc) is 3.54. The van der Waals surface area contributed by atoms with Crippen LogP contribution in [0.1, 0.15) is 40.5 Å². The maximum absolute atomic E-state index is 13.2. The first-order valence-corrected chi connectivity index (χ1v) is 17.5. The van der Waals surface area contributed by atoms with Crippen molar-refractivity contribution in [3.63, 3.8) is 0 Å². The molecule has 0 spiro atoms. The molecule has 20 nitrogen and oxygen atoms in total. The maximum Gasteiger partial charge on any atom is 0.475 e. The van der Waals surface area contributed by atoms with Gasteiger partial charge in [0.2, 0.25) is 23.6 Å². The molecule has 4 amide bonds. The molecular weight excluding hydrogens is 687 g/mol. The van der Waals surface area contributed by atoms with E-state index in [1.54, 1.807) is 33.4 Å². The first-order chi connectivity index (χ1) is 24.4. The Hall–Kier alpha value is -3.89. The molecule has 2 saturated heterocycles. The predicted octanol–water partition coefficient (Wildman–Crippen LogP) is -4.39. The summed E-state index contributed by atoms with van der Waals surface area (Å²) in [6, 6.07) is -3.16. The van der Waals surface area contributed by atoms with Crippen LogP contribution in [0.3, 0.4) is 0 Å². The van der Waals surface area contributed by atoms with Crippen LogP contribution in [0.5, 0.6) is 0 Å². The molecule has 0 aromatic heterocycles. The van der Waals surface area contributed by atoms with Gasteiger partial charge in [0.25, 0.3) is 0 Å². The third-order valence-corrected chi connectivity index (χ3v) is 9.05. The summed E-state index contributed by atoms with van der Waals surface area (Å²) in [6.07, 6.45) is 1.000. The van der Waals surface area contributed by atoms with Gasteiger partial charge in [0.1, 0.15) is 18.1 Å². The fourth-order valence-electron chi connectivity index (χ4n) is 6.14. The van der Waals surface area contributed by atoms with Crippen molar-refractivity contribution in [2.45, 2.75) is 64.6 Å². The Labute approximate surface area is 303 Å². The maximum atomic E-state index is 13.2. The summed E-state index contributed by atoms with van der Waals surface area (Å²) in [5.41, 5.74) is 0. The van der Waals surface area contributed by atoms with E-state index in [0.29, 0.717) is 19.4 Å². The minimum atomic E-state index is -1.71. The Balaban J connectivity index is 2.06. The third-order valence-electron chi connectivity index (χ3n) is 9.05. The summed E-state index contributed by atoms with van der Waals surface area (Å²) in [4.78, 5) is 94.8. The third kappa shape index (κ3) is 15.4. The van der Waals surface area contributed by atoms with Crippen LogP contribution in [0.4, 0.5) is 0 Å². The molecule has 0 aromatic rings. The highest BCUT2D eigenvalue weighted by molar-refractivity contribution is 6.43. The van der Waals surface area contributed by atoms with Gasteiger partial charge in [-0.05, 0) is 32.6 Å². The highest BCUT2D eigenvalue weighted by Crippen LogP contribution is 2.19. The Morgan fingerprint density at radius 2 is 1.02 bits per heavy atom. The number of amides is 4. The molecule has 0 aromatic carbocycles. The van der Waals surface area contributed by atoms with Gasteiger partial charge in [-0.15, -0.1) is 0 Å². The average molecular weight is 743 g/mol. The molecular formula is C31H55BN8O12. The van der Waals surface area contributed by atoms with E-state index in [-0.39, 0.29) is 78.5 Å². The van der Waals surface area contributed by atoms with Crippen LogP contribution in [-0.4, -0.2) is 208 Å². The molecule has 0 bridgehead atoms. The lowest BCUT2D eigenvalue weighted by Gasteiger charge is -2.33. The van der Waals surface area contributed by atoms with Crippen LogP contribution in [0.15, 0.2) is 0 Å². The van der Waals surface area contributed by atoms with E-state index >= 15 is 0 Å². The lowest BCUT2D eigenvalue weighted by atomic mass is 9.78. The van der Waals surface area contributed by atoms with Crippen molar-refractivity contribution >= 4 is 48.7 Å². The van der Waals surface area contributed by atoms with Gasteiger partial charge in [-0.2, -0.15) is 0 Å². The Bertz CT molecular complexity index is 1230. The largest absolute Gasteiger partial charge is 0.480 e. The Morgan fingerprint density at radius 3 is 1.40 bits per heavy atom. The highest BCUT2D eigenvalue weighted by atomic mass is 16.4. The number of hydrogen-bond acceptors (Lipinski definition) is 13. The molecule has 2 heterocycles. The zero-order chi connectivity index (χ0) is 39.1. The Morgan fingerprint density at radius 1 is 0.596 bits per heavy atom. The van der Waals surface area contributed by atoms with Gasteiger partial charge in [0.15, 0.2) is 0 Å². The molecule has 294 valence electrons. The van der Waals surface area contributed by atoms with Crippen molar-refractivity contribution in [1.29, 1.82) is 0 Å². The smallest absolute Gasteiger partial charge is 0.475 e. The van der Waals surface area contributed by atoms with Crippen molar-refractivity contribution in [3.8, 4) is 0 Å². The molecule has 0 radical (unpaired) electrons. The summed E-state index contributed by atoms with van der Waals surface area (Å²) >= 11 is 0. The van der Waals surface area contributed by atoms with Gasteiger partial charge in [-0.3, -0.25) is 53.2 Å². The van der Waals surface area contributed by atoms with E-state index in [1.807, 2.05) is 0 Å². The van der Waals surface area contributed by atoms with Crippen molar-refractivity contribution in [2.75, 3.05) is 85.1 Å². The number of carbonyl (C=O) groups excluding carboxylic acids is 4. The molecule has 0 saturated carbocycles. The van der Waals surface area contributed by atoms with Crippen LogP contribution in [0.2, 0.25) is 0 Å². The molecule has 0 aliphatic carbocycles. The zero-order valence-electron chi connectivity index (χ0n) is 30.4. The molecule has 8 N–H and O–H groups in total. The topological polar surface area (TPSA) is 273 Å². The summed E-state index contributed by atoms with van der Waals surface area (Å²) in [5, 5.41) is 55.2. The van der Waals surface area contributed by atoms with E-state index in [1.165, 1.54) is 18.7 Å². The van der Waals surface area contributed by atoms with Crippen molar-refractivity contribution in [3.05, 3.63) is 0 Å². The fraction of sp³-hybridized carbons (Fsp3) is 0.774. The number of nitrogens with zero attached hydrogens (tertiary/aromatic N) is 5. The second kappa shape index (κ2) is 21.6. The fourth-order valence-corrected chi connectivity index (χ4v) is 6.14. The van der Waals surface area contributed by atoms with E-state index in [9.17, 15) is 58.9 Å². The van der Waals surface area contributed by atoms with Gasteiger partial charge >= 0.3 is 25.0 Å². The zero-order valence-corrected chi connectivity index (χ0v) is 30.4. The van der Waals surface area contributed by atoms with E-state index in [0.717, 1.165) is 0 Å². The van der Waals surface area contributed by atoms with Gasteiger partial charge in [-0.25, -0.2) is 0 Å². The van der Waals surface area contributed by atoms with Crippen LogP contribution < -0.4 is 16.0 Å². The van der Waals surface area contributed by atoms with Crippen molar-refractivity contribution in [2.24, 2.45) is 5.92 Å². The quantitative estimate of drug-likeness (QED) is 0.0694. The van der Waals surface area contributed by atoms with Gasteiger partial charge in [0.05, 0.1) is 32.1 Å². The highest BCUT2D eigenvalue weighted by Gasteiger charge is 2.39. The van der Waals surface area contributed by atoms with Crippen molar-refractivity contribution < 1.29 is 58.9 Å². The van der Waals surface area contributed by atoms with Gasteiger partial charge in [0, 0.05) is 58.9 Å². The lowest BCUT2D eigenvalue weighted by Crippen LogP contribution is -2.58. The minimum Gasteiger partial charge on any atom is -0.480 e. The number of hydrogen-bond donors (Lipinski definition) is 8. The lowest BCUT2D eigenvalue weighted by molar-refractivity contribution is -0.140. The molecule has 21 heteroatoms. The first-order valence-electron chi connectivity index (χ1n) is 17.5. The minimum absolute atomic E-state index is 0.209. The summed E-state index contributed by atoms with van der Waals surface area (Å²) in [5.74, 6) is -6.74. The molecule has 2 fully saturated rings. The molecule has 2 aliphatic heterocycles. The van der Waals surface area contributed by atoms with Crippen LogP contribution >= 0.6 is 0 Å². The van der Waals surface area contributed by atoms with E-state index in [4.69, 9.17) is 0 Å². The first kappa shape index (κ1) is 44.3. The number of carboxylic acids is 3. The molecule has 0 unspecified atom stereocenters. The number of carbonyl (C=O) groups is 7. The molecule has 2 aliphatic rings. The Kier molecular flexibility index (Phi) is 18.4. The van der Waals surface area contributed by atoms with E-state index in [2.05, 4.69) is 16.0 Å². The standard InChI is InChI=1S/C31H55BN8O12/c1-20(2)28(30(49)34-22(4)31(50)40-7-5-6-23(40)32(51)52)35-29(48)21(3)33-24(41)16-36-8-10-37(17-25(42)43)12-14-39(19-27(46)47)15-13-38(11-9-36)18-26(44)45/h20-23,28,51-52H,5-19H2,1-4H3,(H,33,41)(H,34,49)(H,35,48)(H,42,43)(H,44,45)(H,46,47)/t21-,22+,23-,28-/m0/s1. The summed E-state index contributed by atoms with van der Waals surface area (Å²) in [6.45, 7) is 7.21. The van der Waals surface area contributed by atoms with E-state index < -0.39 is 78.6 Å². The van der Waals surface area contributed by atoms with Crippen LogP contribution in [0, 0.1) is 5.92 Å². The second-order valence-corrected chi connectivity index (χ2v) is 13.7. The monoisotopic (exact) mass is 742 g/mol. The number of likely N-dealkylation sites (tertiary alicyclic amines) is 1. The summed E-state index contributed by atoms with van der Waals surface area (Å²) in [7, 11) is -1.71. The van der Waals surface area contributed by atoms with Crippen LogP contribution in [-0.2, 0) is 33.6 Å².